The molecular weight excluding hydrogens is 438 g/mol. The molecule has 3 aromatic carbocycles. The Hall–Kier alpha value is -4.00. The van der Waals surface area contributed by atoms with Crippen LogP contribution in [-0.4, -0.2) is 17.9 Å². The molecule has 0 radical (unpaired) electrons. The van der Waals surface area contributed by atoms with Crippen molar-refractivity contribution in [1.29, 1.82) is 0 Å². The smallest absolute Gasteiger partial charge is 0.282 e. The predicted molar refractivity (Wildman–Crippen MR) is 128 cm³/mol. The number of nitrogens with one attached hydrogen (secondary N) is 1. The van der Waals surface area contributed by atoms with E-state index in [1.54, 1.807) is 30.3 Å². The summed E-state index contributed by atoms with van der Waals surface area (Å²) < 4.78 is 34.1. The number of anilines is 2. The van der Waals surface area contributed by atoms with Gasteiger partial charge in [-0.1, -0.05) is 23.8 Å². The summed E-state index contributed by atoms with van der Waals surface area (Å²) in [5, 5.41) is 3.02. The summed E-state index contributed by atoms with van der Waals surface area (Å²) >= 11 is 0. The number of halogens is 2. The average molecular weight is 462 g/mol. The highest BCUT2D eigenvalue weighted by atomic mass is 19.1. The quantitative estimate of drug-likeness (QED) is 0.473. The van der Waals surface area contributed by atoms with E-state index in [0.717, 1.165) is 29.3 Å². The minimum Gasteiger partial charge on any atom is -0.491 e. The molecule has 4 rings (SSSR count). The highest BCUT2D eigenvalue weighted by Gasteiger charge is 2.42. The number of hydrogen-bond donors (Lipinski definition) is 1. The average Bonchev–Trinajstić information content (AvgIpc) is 3.00. The molecule has 5 nitrogen and oxygen atoms in total. The number of imide groups is 1. The van der Waals surface area contributed by atoms with E-state index in [-0.39, 0.29) is 17.4 Å². The van der Waals surface area contributed by atoms with Crippen LogP contribution in [-0.2, 0) is 9.59 Å². The lowest BCUT2D eigenvalue weighted by Crippen LogP contribution is -2.33. The molecule has 2 amide bonds. The van der Waals surface area contributed by atoms with Gasteiger partial charge in [0.2, 0.25) is 0 Å². The monoisotopic (exact) mass is 462 g/mol. The maximum atomic E-state index is 14.6. The molecule has 7 heteroatoms. The zero-order chi connectivity index (χ0) is 24.6. The number of nitrogens with zero attached hydrogens (tertiary/aromatic N) is 1. The Morgan fingerprint density at radius 2 is 1.59 bits per heavy atom. The topological polar surface area (TPSA) is 58.6 Å². The maximum Gasteiger partial charge on any atom is 0.282 e. The minimum atomic E-state index is -0.875. The van der Waals surface area contributed by atoms with Crippen LogP contribution in [0.15, 0.2) is 66.4 Å². The van der Waals surface area contributed by atoms with Crippen LogP contribution < -0.4 is 15.0 Å². The third-order valence-corrected chi connectivity index (χ3v) is 5.38. The molecule has 0 fully saturated rings. The zero-order valence-corrected chi connectivity index (χ0v) is 19.3. The van der Waals surface area contributed by atoms with E-state index in [1.807, 2.05) is 39.8 Å². The molecule has 0 aliphatic carbocycles. The van der Waals surface area contributed by atoms with Gasteiger partial charge in [-0.2, -0.15) is 0 Å². The molecule has 1 N–H and O–H groups in total. The van der Waals surface area contributed by atoms with Gasteiger partial charge in [0, 0.05) is 11.8 Å². The SMILES string of the molecule is Cc1ccc(C2=C(Nc3ccc(OC(C)C)cc3)C(=O)N(c3cc(F)ccc3F)C2=O)c(C)c1. The molecule has 3 aromatic rings. The van der Waals surface area contributed by atoms with Crippen molar-refractivity contribution in [3.8, 4) is 5.75 Å². The number of hydrogen-bond acceptors (Lipinski definition) is 4. The Morgan fingerprint density at radius 1 is 0.882 bits per heavy atom. The van der Waals surface area contributed by atoms with Gasteiger partial charge in [0.15, 0.2) is 0 Å². The van der Waals surface area contributed by atoms with E-state index in [0.29, 0.717) is 21.9 Å². The number of benzene rings is 3. The van der Waals surface area contributed by atoms with Crippen molar-refractivity contribution in [3.63, 3.8) is 0 Å². The summed E-state index contributed by atoms with van der Waals surface area (Å²) in [6.45, 7) is 7.57. The van der Waals surface area contributed by atoms with Gasteiger partial charge in [-0.3, -0.25) is 9.59 Å². The van der Waals surface area contributed by atoms with Crippen molar-refractivity contribution in [1.82, 2.24) is 0 Å². The Bertz CT molecular complexity index is 1310. The Kier molecular flexibility index (Phi) is 6.20. The van der Waals surface area contributed by atoms with Gasteiger partial charge in [0.1, 0.15) is 23.1 Å². The van der Waals surface area contributed by atoms with E-state index in [9.17, 15) is 18.4 Å². The Balaban J connectivity index is 1.81. The van der Waals surface area contributed by atoms with Crippen LogP contribution in [0, 0.1) is 25.5 Å². The van der Waals surface area contributed by atoms with Gasteiger partial charge in [0.05, 0.1) is 17.4 Å². The molecule has 1 aliphatic heterocycles. The molecule has 1 heterocycles. The van der Waals surface area contributed by atoms with Gasteiger partial charge >= 0.3 is 0 Å². The fraction of sp³-hybridized carbons (Fsp3) is 0.185. The summed E-state index contributed by atoms with van der Waals surface area (Å²) in [6.07, 6.45) is 0.00128. The lowest BCUT2D eigenvalue weighted by molar-refractivity contribution is -0.120. The number of ether oxygens (including phenoxy) is 1. The number of carbonyl (C=O) groups excluding carboxylic acids is 2. The van der Waals surface area contributed by atoms with E-state index in [1.165, 1.54) is 0 Å². The van der Waals surface area contributed by atoms with Crippen LogP contribution in [0.4, 0.5) is 20.2 Å². The van der Waals surface area contributed by atoms with Gasteiger partial charge in [0.25, 0.3) is 11.8 Å². The van der Waals surface area contributed by atoms with E-state index in [4.69, 9.17) is 4.74 Å². The fourth-order valence-corrected chi connectivity index (χ4v) is 3.90. The standard InChI is InChI=1S/C27H24F2N2O3/c1-15(2)34-20-9-7-19(8-10-20)30-25-24(21-11-5-16(3)13-17(21)4)26(32)31(27(25)33)23-14-18(28)6-12-22(23)29/h5-15,30H,1-4H3. The van der Waals surface area contributed by atoms with Crippen molar-refractivity contribution in [2.45, 2.75) is 33.8 Å². The molecule has 0 saturated heterocycles. The normalized spacial score (nSPS) is 13.8. The van der Waals surface area contributed by atoms with Crippen molar-refractivity contribution in [2.75, 3.05) is 10.2 Å². The summed E-state index contributed by atoms with van der Waals surface area (Å²) in [4.78, 5) is 27.6. The first-order valence-corrected chi connectivity index (χ1v) is 10.8. The first-order valence-electron chi connectivity index (χ1n) is 10.8. The third kappa shape index (κ3) is 4.41. The first kappa shape index (κ1) is 23.2. The van der Waals surface area contributed by atoms with Crippen molar-refractivity contribution in [2.24, 2.45) is 0 Å². The van der Waals surface area contributed by atoms with Crippen molar-refractivity contribution < 1.29 is 23.1 Å². The molecule has 34 heavy (non-hydrogen) atoms. The number of amides is 2. The molecule has 0 unspecified atom stereocenters. The lowest BCUT2D eigenvalue weighted by Gasteiger charge is -2.16. The largest absolute Gasteiger partial charge is 0.491 e. The number of rotatable bonds is 6. The summed E-state index contributed by atoms with van der Waals surface area (Å²) in [5.74, 6) is -2.48. The summed E-state index contributed by atoms with van der Waals surface area (Å²) in [7, 11) is 0. The molecule has 174 valence electrons. The van der Waals surface area contributed by atoms with Crippen LogP contribution in [0.3, 0.4) is 0 Å². The van der Waals surface area contributed by atoms with Crippen molar-refractivity contribution in [3.05, 3.63) is 94.7 Å². The van der Waals surface area contributed by atoms with Crippen LogP contribution in [0.25, 0.3) is 5.57 Å². The minimum absolute atomic E-state index is 0.00128. The van der Waals surface area contributed by atoms with E-state index >= 15 is 0 Å². The zero-order valence-electron chi connectivity index (χ0n) is 19.3. The van der Waals surface area contributed by atoms with Gasteiger partial charge in [-0.15, -0.1) is 0 Å². The van der Waals surface area contributed by atoms with E-state index < -0.39 is 29.1 Å². The molecular formula is C27H24F2N2O3. The van der Waals surface area contributed by atoms with Gasteiger partial charge < -0.3 is 10.1 Å². The molecule has 0 spiro atoms. The number of carbonyl (C=O) groups is 2. The molecule has 1 aliphatic rings. The summed E-state index contributed by atoms with van der Waals surface area (Å²) in [5.41, 5.74) is 2.47. The maximum absolute atomic E-state index is 14.6. The van der Waals surface area contributed by atoms with Crippen LogP contribution in [0.2, 0.25) is 0 Å². The highest BCUT2D eigenvalue weighted by Crippen LogP contribution is 2.36. The lowest BCUT2D eigenvalue weighted by atomic mass is 9.97. The molecule has 0 saturated carbocycles. The second kappa shape index (κ2) is 9.09. The molecule has 0 bridgehead atoms. The predicted octanol–water partition coefficient (Wildman–Crippen LogP) is 5.77. The van der Waals surface area contributed by atoms with Gasteiger partial charge in [-0.05, 0) is 75.2 Å². The molecule has 0 atom stereocenters. The number of aryl methyl sites for hydroxylation is 2. The Morgan fingerprint density at radius 3 is 2.24 bits per heavy atom. The Labute approximate surface area is 196 Å². The van der Waals surface area contributed by atoms with Crippen LogP contribution in [0.1, 0.15) is 30.5 Å². The molecule has 0 aromatic heterocycles. The van der Waals surface area contributed by atoms with E-state index in [2.05, 4.69) is 5.32 Å². The van der Waals surface area contributed by atoms with Crippen LogP contribution >= 0.6 is 0 Å². The third-order valence-electron chi connectivity index (χ3n) is 5.38. The second-order valence-corrected chi connectivity index (χ2v) is 8.43. The first-order chi connectivity index (χ1) is 16.2. The van der Waals surface area contributed by atoms with Gasteiger partial charge in [-0.25, -0.2) is 13.7 Å². The van der Waals surface area contributed by atoms with Crippen LogP contribution in [0.5, 0.6) is 5.75 Å². The highest BCUT2D eigenvalue weighted by molar-refractivity contribution is 6.46. The second-order valence-electron chi connectivity index (χ2n) is 8.43. The fourth-order valence-electron chi connectivity index (χ4n) is 3.90. The van der Waals surface area contributed by atoms with Crippen molar-refractivity contribution >= 4 is 28.8 Å². The summed E-state index contributed by atoms with van der Waals surface area (Å²) in [6, 6.07) is 15.0.